The molecule has 0 unspecified atom stereocenters. The number of methoxy groups -OCH3 is 1. The highest BCUT2D eigenvalue weighted by Crippen LogP contribution is 2.29. The summed E-state index contributed by atoms with van der Waals surface area (Å²) in [6.07, 6.45) is 3.48. The summed E-state index contributed by atoms with van der Waals surface area (Å²) in [6, 6.07) is 13.4. The Morgan fingerprint density at radius 3 is 2.71 bits per heavy atom. The number of nitrogens with one attached hydrogen (secondary N) is 1. The third-order valence-corrected chi connectivity index (χ3v) is 3.09. The van der Waals surface area contributed by atoms with Crippen LogP contribution in [0.5, 0.6) is 11.6 Å². The van der Waals surface area contributed by atoms with Crippen LogP contribution in [0.3, 0.4) is 0 Å². The summed E-state index contributed by atoms with van der Waals surface area (Å²) < 4.78 is 11.0. The molecule has 0 aliphatic carbocycles. The first-order valence-electron chi connectivity index (χ1n) is 6.57. The van der Waals surface area contributed by atoms with Crippen LogP contribution in [0.2, 0.25) is 0 Å². The number of hydrogen-bond acceptors (Lipinski definition) is 4. The Labute approximate surface area is 122 Å². The Morgan fingerprint density at radius 1 is 1.10 bits per heavy atom. The molecule has 3 aromatic rings. The number of aromatic amines is 1. The molecule has 2 heterocycles. The zero-order chi connectivity index (χ0) is 14.5. The molecule has 0 bridgehead atoms. The van der Waals surface area contributed by atoms with Crippen LogP contribution in [0.1, 0.15) is 5.56 Å². The molecule has 106 valence electrons. The first-order valence-corrected chi connectivity index (χ1v) is 6.57. The number of para-hydroxylation sites is 1. The van der Waals surface area contributed by atoms with Crippen molar-refractivity contribution in [2.45, 2.75) is 6.61 Å². The molecular weight excluding hydrogens is 266 g/mol. The summed E-state index contributed by atoms with van der Waals surface area (Å²) in [5.74, 6) is 1.34. The minimum Gasteiger partial charge on any atom is -0.496 e. The fourth-order valence-electron chi connectivity index (χ4n) is 2.02. The second kappa shape index (κ2) is 6.09. The van der Waals surface area contributed by atoms with Gasteiger partial charge in [0.1, 0.15) is 12.4 Å². The van der Waals surface area contributed by atoms with Gasteiger partial charge in [-0.1, -0.05) is 12.1 Å². The van der Waals surface area contributed by atoms with Gasteiger partial charge in [-0.2, -0.15) is 0 Å². The molecule has 3 rings (SSSR count). The number of pyridine rings is 1. The number of benzene rings is 1. The van der Waals surface area contributed by atoms with E-state index in [0.717, 1.165) is 22.6 Å². The molecule has 0 atom stereocenters. The average Bonchev–Trinajstić information content (AvgIpc) is 3.02. The van der Waals surface area contributed by atoms with Crippen molar-refractivity contribution in [3.05, 3.63) is 60.4 Å². The van der Waals surface area contributed by atoms with Gasteiger partial charge in [0.15, 0.2) is 0 Å². The van der Waals surface area contributed by atoms with Crippen LogP contribution < -0.4 is 9.47 Å². The molecule has 0 spiro atoms. The maximum absolute atomic E-state index is 5.66. The van der Waals surface area contributed by atoms with E-state index in [1.807, 2.05) is 42.5 Å². The van der Waals surface area contributed by atoms with Crippen molar-refractivity contribution < 1.29 is 9.47 Å². The molecule has 0 fully saturated rings. The van der Waals surface area contributed by atoms with Crippen molar-refractivity contribution in [1.82, 2.24) is 15.2 Å². The Morgan fingerprint density at radius 2 is 1.90 bits per heavy atom. The highest BCUT2D eigenvalue weighted by molar-refractivity contribution is 5.67. The van der Waals surface area contributed by atoms with Gasteiger partial charge in [-0.15, -0.1) is 5.10 Å². The Hall–Kier alpha value is -2.82. The zero-order valence-corrected chi connectivity index (χ0v) is 11.6. The van der Waals surface area contributed by atoms with Gasteiger partial charge in [-0.25, -0.2) is 0 Å². The van der Waals surface area contributed by atoms with Crippen molar-refractivity contribution in [3.8, 4) is 22.9 Å². The smallest absolute Gasteiger partial charge is 0.233 e. The second-order valence-electron chi connectivity index (χ2n) is 4.46. The van der Waals surface area contributed by atoms with Crippen LogP contribution in [0.4, 0.5) is 0 Å². The molecule has 1 aromatic carbocycles. The van der Waals surface area contributed by atoms with Crippen LogP contribution in [-0.2, 0) is 6.61 Å². The van der Waals surface area contributed by atoms with Gasteiger partial charge in [-0.3, -0.25) is 10.1 Å². The molecule has 0 saturated carbocycles. The number of ether oxygens (including phenoxy) is 2. The fourth-order valence-corrected chi connectivity index (χ4v) is 2.02. The normalized spacial score (nSPS) is 10.3. The molecule has 0 aliphatic heterocycles. The number of nitrogens with zero attached hydrogens (tertiary/aromatic N) is 2. The van der Waals surface area contributed by atoms with Crippen LogP contribution >= 0.6 is 0 Å². The van der Waals surface area contributed by atoms with Gasteiger partial charge in [0.2, 0.25) is 5.88 Å². The number of hydrogen-bond donors (Lipinski definition) is 1. The van der Waals surface area contributed by atoms with Crippen molar-refractivity contribution >= 4 is 0 Å². The van der Waals surface area contributed by atoms with E-state index in [1.165, 1.54) is 0 Å². The van der Waals surface area contributed by atoms with Gasteiger partial charge in [0, 0.05) is 24.0 Å². The third kappa shape index (κ3) is 3.02. The Balaban J connectivity index is 1.74. The van der Waals surface area contributed by atoms with E-state index in [0.29, 0.717) is 12.5 Å². The Kier molecular flexibility index (Phi) is 3.82. The average molecular weight is 281 g/mol. The first kappa shape index (κ1) is 13.2. The topological polar surface area (TPSA) is 60.0 Å². The number of H-pyrrole nitrogens is 1. The standard InChI is InChI=1S/C16H15N3O2/c1-20-15-5-3-2-4-13(15)14-10-16(19-18-14)21-11-12-6-8-17-9-7-12/h2-10H,11H2,1H3,(H,18,19). The molecule has 2 aromatic heterocycles. The van der Waals surface area contributed by atoms with E-state index in [2.05, 4.69) is 15.2 Å². The van der Waals surface area contributed by atoms with Crippen LogP contribution in [0, 0.1) is 0 Å². The quantitative estimate of drug-likeness (QED) is 0.780. The molecule has 1 N–H and O–H groups in total. The summed E-state index contributed by atoms with van der Waals surface area (Å²) in [5, 5.41) is 7.13. The minimum absolute atomic E-state index is 0.457. The van der Waals surface area contributed by atoms with E-state index < -0.39 is 0 Å². The molecule has 0 aliphatic rings. The highest BCUT2D eigenvalue weighted by atomic mass is 16.5. The molecule has 0 radical (unpaired) electrons. The van der Waals surface area contributed by atoms with Crippen LogP contribution in [0.15, 0.2) is 54.9 Å². The van der Waals surface area contributed by atoms with E-state index >= 15 is 0 Å². The molecule has 0 saturated heterocycles. The summed E-state index contributed by atoms with van der Waals surface area (Å²) in [4.78, 5) is 3.97. The van der Waals surface area contributed by atoms with E-state index in [9.17, 15) is 0 Å². The van der Waals surface area contributed by atoms with E-state index in [4.69, 9.17) is 9.47 Å². The maximum Gasteiger partial charge on any atom is 0.233 e. The van der Waals surface area contributed by atoms with Crippen molar-refractivity contribution in [1.29, 1.82) is 0 Å². The minimum atomic E-state index is 0.457. The maximum atomic E-state index is 5.66. The predicted octanol–water partition coefficient (Wildman–Crippen LogP) is 3.06. The Bertz CT molecular complexity index is 710. The zero-order valence-electron chi connectivity index (χ0n) is 11.6. The van der Waals surface area contributed by atoms with Crippen molar-refractivity contribution in [2.24, 2.45) is 0 Å². The number of rotatable bonds is 5. The summed E-state index contributed by atoms with van der Waals surface area (Å²) in [7, 11) is 1.65. The van der Waals surface area contributed by atoms with Gasteiger partial charge in [0.25, 0.3) is 0 Å². The van der Waals surface area contributed by atoms with Gasteiger partial charge >= 0.3 is 0 Å². The lowest BCUT2D eigenvalue weighted by atomic mass is 10.1. The SMILES string of the molecule is COc1ccccc1-c1cc(OCc2ccncc2)n[nH]1. The lowest BCUT2D eigenvalue weighted by molar-refractivity contribution is 0.293. The lowest BCUT2D eigenvalue weighted by Crippen LogP contribution is -1.95. The van der Waals surface area contributed by atoms with Crippen LogP contribution in [0.25, 0.3) is 11.3 Å². The fraction of sp³-hybridized carbons (Fsp3) is 0.125. The largest absolute Gasteiger partial charge is 0.496 e. The third-order valence-electron chi connectivity index (χ3n) is 3.09. The summed E-state index contributed by atoms with van der Waals surface area (Å²) in [5.41, 5.74) is 2.86. The van der Waals surface area contributed by atoms with Gasteiger partial charge in [-0.05, 0) is 29.8 Å². The predicted molar refractivity (Wildman–Crippen MR) is 79.1 cm³/mol. The molecule has 0 amide bonds. The van der Waals surface area contributed by atoms with E-state index in [1.54, 1.807) is 19.5 Å². The molecule has 5 heteroatoms. The second-order valence-corrected chi connectivity index (χ2v) is 4.46. The molecular formula is C16H15N3O2. The van der Waals surface area contributed by atoms with Gasteiger partial charge in [0.05, 0.1) is 12.8 Å². The first-order chi connectivity index (χ1) is 10.4. The summed E-state index contributed by atoms with van der Waals surface area (Å²) in [6.45, 7) is 0.457. The van der Waals surface area contributed by atoms with Crippen LogP contribution in [-0.4, -0.2) is 22.3 Å². The van der Waals surface area contributed by atoms with Crippen molar-refractivity contribution in [3.63, 3.8) is 0 Å². The van der Waals surface area contributed by atoms with Gasteiger partial charge < -0.3 is 9.47 Å². The monoisotopic (exact) mass is 281 g/mol. The summed E-state index contributed by atoms with van der Waals surface area (Å²) >= 11 is 0. The highest BCUT2D eigenvalue weighted by Gasteiger charge is 2.09. The van der Waals surface area contributed by atoms with Crippen molar-refractivity contribution in [2.75, 3.05) is 7.11 Å². The molecule has 5 nitrogen and oxygen atoms in total. The lowest BCUT2D eigenvalue weighted by Gasteiger charge is -2.05. The number of aromatic nitrogens is 3. The molecule has 21 heavy (non-hydrogen) atoms. The van der Waals surface area contributed by atoms with E-state index in [-0.39, 0.29) is 0 Å².